The number of carbonyl (C=O) groups is 1. The summed E-state index contributed by atoms with van der Waals surface area (Å²) in [5.74, 6) is -0.220. The maximum Gasteiger partial charge on any atom is 0.277 e. The molecule has 0 radical (unpaired) electrons. The van der Waals surface area contributed by atoms with Crippen molar-refractivity contribution in [2.75, 3.05) is 5.32 Å². The van der Waals surface area contributed by atoms with Crippen molar-refractivity contribution in [2.45, 2.75) is 13.8 Å². The van der Waals surface area contributed by atoms with Crippen LogP contribution in [0.4, 0.5) is 5.69 Å². The number of anilines is 1. The number of benzene rings is 1. The topological polar surface area (TPSA) is 54.9 Å². The predicted octanol–water partition coefficient (Wildman–Crippen LogP) is 2.41. The molecule has 0 aliphatic carbocycles. The van der Waals surface area contributed by atoms with Crippen LogP contribution in [0.5, 0.6) is 0 Å². The van der Waals surface area contributed by atoms with Gasteiger partial charge in [-0.1, -0.05) is 16.6 Å². The van der Waals surface area contributed by atoms with E-state index in [0.717, 1.165) is 28.3 Å². The quantitative estimate of drug-likeness (QED) is 0.866. The molecule has 0 bridgehead atoms. The zero-order valence-electron chi connectivity index (χ0n) is 9.02. The zero-order valence-corrected chi connectivity index (χ0v) is 9.84. The Morgan fingerprint density at radius 2 is 2.19 bits per heavy atom. The van der Waals surface area contributed by atoms with Gasteiger partial charge in [-0.2, -0.15) is 0 Å². The van der Waals surface area contributed by atoms with Crippen molar-refractivity contribution in [3.05, 3.63) is 40.4 Å². The fourth-order valence-corrected chi connectivity index (χ4v) is 1.76. The Labute approximate surface area is 97.5 Å². The molecular formula is C11H11N3OS. The second-order valence-electron chi connectivity index (χ2n) is 3.56. The fourth-order valence-electron chi connectivity index (χ4n) is 1.32. The van der Waals surface area contributed by atoms with Crippen molar-refractivity contribution in [3.8, 4) is 0 Å². The fraction of sp³-hybridized carbons (Fsp3) is 0.182. The Balaban J connectivity index is 2.21. The smallest absolute Gasteiger partial charge is 0.277 e. The molecule has 0 fully saturated rings. The normalized spacial score (nSPS) is 10.1. The van der Waals surface area contributed by atoms with Crippen LogP contribution >= 0.6 is 11.5 Å². The lowest BCUT2D eigenvalue weighted by Crippen LogP contribution is -2.13. The summed E-state index contributed by atoms with van der Waals surface area (Å²) in [5, 5.41) is 8.17. The van der Waals surface area contributed by atoms with Gasteiger partial charge in [-0.3, -0.25) is 4.79 Å². The summed E-state index contributed by atoms with van der Waals surface area (Å²) in [6.45, 7) is 3.94. The molecule has 1 aromatic carbocycles. The number of aromatic nitrogens is 2. The molecule has 0 atom stereocenters. The number of amides is 1. The van der Waals surface area contributed by atoms with E-state index in [1.165, 1.54) is 0 Å². The van der Waals surface area contributed by atoms with Gasteiger partial charge in [-0.05, 0) is 42.6 Å². The van der Waals surface area contributed by atoms with E-state index in [1.54, 1.807) is 5.38 Å². The van der Waals surface area contributed by atoms with Gasteiger partial charge < -0.3 is 5.32 Å². The molecule has 0 aliphatic heterocycles. The summed E-state index contributed by atoms with van der Waals surface area (Å²) < 4.78 is 3.66. The lowest BCUT2D eigenvalue weighted by atomic mass is 10.1. The summed E-state index contributed by atoms with van der Waals surface area (Å²) in [4.78, 5) is 11.7. The van der Waals surface area contributed by atoms with Gasteiger partial charge in [0.2, 0.25) is 0 Å². The minimum Gasteiger partial charge on any atom is -0.320 e. The van der Waals surface area contributed by atoms with E-state index in [2.05, 4.69) is 14.9 Å². The highest BCUT2D eigenvalue weighted by atomic mass is 32.1. The molecule has 1 amide bonds. The average molecular weight is 233 g/mol. The Hall–Kier alpha value is -1.75. The number of aryl methyl sites for hydroxylation is 2. The molecule has 1 aromatic heterocycles. The monoisotopic (exact) mass is 233 g/mol. The summed E-state index contributed by atoms with van der Waals surface area (Å²) in [7, 11) is 0. The van der Waals surface area contributed by atoms with Gasteiger partial charge >= 0.3 is 0 Å². The molecule has 1 heterocycles. The number of hydrogen-bond acceptors (Lipinski definition) is 4. The molecule has 0 spiro atoms. The minimum absolute atomic E-state index is 0.220. The third-order valence-corrected chi connectivity index (χ3v) is 2.74. The van der Waals surface area contributed by atoms with Crippen molar-refractivity contribution in [1.82, 2.24) is 9.59 Å². The van der Waals surface area contributed by atoms with Crippen molar-refractivity contribution in [2.24, 2.45) is 0 Å². The number of rotatable bonds is 2. The molecule has 16 heavy (non-hydrogen) atoms. The molecule has 2 rings (SSSR count). The lowest BCUT2D eigenvalue weighted by molar-refractivity contribution is 0.102. The van der Waals surface area contributed by atoms with Crippen molar-refractivity contribution >= 4 is 23.1 Å². The first-order valence-electron chi connectivity index (χ1n) is 4.82. The minimum atomic E-state index is -0.220. The predicted molar refractivity (Wildman–Crippen MR) is 63.8 cm³/mol. The second kappa shape index (κ2) is 4.40. The molecule has 4 nitrogen and oxygen atoms in total. The molecule has 2 aromatic rings. The van der Waals surface area contributed by atoms with E-state index in [1.807, 2.05) is 32.0 Å². The molecule has 0 aliphatic rings. The second-order valence-corrected chi connectivity index (χ2v) is 4.17. The van der Waals surface area contributed by atoms with E-state index < -0.39 is 0 Å². The summed E-state index contributed by atoms with van der Waals surface area (Å²) in [6.07, 6.45) is 0. The van der Waals surface area contributed by atoms with Crippen LogP contribution < -0.4 is 5.32 Å². The Morgan fingerprint density at radius 1 is 1.38 bits per heavy atom. The highest BCUT2D eigenvalue weighted by Crippen LogP contribution is 2.17. The van der Waals surface area contributed by atoms with Crippen molar-refractivity contribution in [1.29, 1.82) is 0 Å². The number of nitrogens with zero attached hydrogens (tertiary/aromatic N) is 2. The van der Waals surface area contributed by atoms with Crippen LogP contribution in [-0.4, -0.2) is 15.5 Å². The number of nitrogens with one attached hydrogen (secondary N) is 1. The Bertz CT molecular complexity index is 508. The summed E-state index contributed by atoms with van der Waals surface area (Å²) in [5.41, 5.74) is 3.31. The third kappa shape index (κ3) is 2.25. The van der Waals surface area contributed by atoms with E-state index in [4.69, 9.17) is 0 Å². The molecule has 5 heteroatoms. The lowest BCUT2D eigenvalue weighted by Gasteiger charge is -2.07. The highest BCUT2D eigenvalue weighted by Gasteiger charge is 2.10. The molecule has 0 saturated carbocycles. The number of carbonyl (C=O) groups excluding carboxylic acids is 1. The first-order chi connectivity index (χ1) is 7.66. The van der Waals surface area contributed by atoms with E-state index in [0.29, 0.717) is 5.69 Å². The maximum atomic E-state index is 11.7. The Morgan fingerprint density at radius 3 is 2.88 bits per heavy atom. The first-order valence-corrected chi connectivity index (χ1v) is 5.66. The first kappa shape index (κ1) is 10.8. The zero-order chi connectivity index (χ0) is 11.5. The van der Waals surface area contributed by atoms with Crippen molar-refractivity contribution < 1.29 is 4.79 Å². The number of hydrogen-bond donors (Lipinski definition) is 1. The van der Waals surface area contributed by atoms with Gasteiger partial charge in [0.15, 0.2) is 5.69 Å². The van der Waals surface area contributed by atoms with E-state index in [-0.39, 0.29) is 5.91 Å². The SMILES string of the molecule is Cc1ccc(C)c(NC(=O)c2csnn2)c1. The van der Waals surface area contributed by atoms with Gasteiger partial charge in [-0.15, -0.1) is 5.10 Å². The summed E-state index contributed by atoms with van der Waals surface area (Å²) >= 11 is 1.16. The van der Waals surface area contributed by atoms with Crippen LogP contribution in [0.1, 0.15) is 21.6 Å². The molecular weight excluding hydrogens is 222 g/mol. The third-order valence-electron chi connectivity index (χ3n) is 2.23. The van der Waals surface area contributed by atoms with E-state index in [9.17, 15) is 4.79 Å². The molecule has 82 valence electrons. The summed E-state index contributed by atoms with van der Waals surface area (Å²) in [6, 6.07) is 5.92. The Kier molecular flexibility index (Phi) is 2.96. The standard InChI is InChI=1S/C11H11N3OS/c1-7-3-4-8(2)9(5-7)12-11(15)10-6-16-14-13-10/h3-6H,1-2H3,(H,12,15). The van der Waals surface area contributed by atoms with Crippen LogP contribution in [0.25, 0.3) is 0 Å². The average Bonchev–Trinajstić information content (AvgIpc) is 2.76. The molecule has 0 saturated heterocycles. The van der Waals surface area contributed by atoms with Gasteiger partial charge in [0, 0.05) is 11.1 Å². The maximum absolute atomic E-state index is 11.7. The van der Waals surface area contributed by atoms with Gasteiger partial charge in [0.1, 0.15) is 0 Å². The van der Waals surface area contributed by atoms with Crippen LogP contribution in [-0.2, 0) is 0 Å². The van der Waals surface area contributed by atoms with Crippen molar-refractivity contribution in [3.63, 3.8) is 0 Å². The van der Waals surface area contributed by atoms with Crippen LogP contribution in [0.2, 0.25) is 0 Å². The largest absolute Gasteiger partial charge is 0.320 e. The van der Waals surface area contributed by atoms with Gasteiger partial charge in [0.05, 0.1) is 0 Å². The molecule has 1 N–H and O–H groups in total. The van der Waals surface area contributed by atoms with Gasteiger partial charge in [-0.25, -0.2) is 0 Å². The molecule has 0 unspecified atom stereocenters. The van der Waals surface area contributed by atoms with Crippen LogP contribution in [0.15, 0.2) is 23.6 Å². The van der Waals surface area contributed by atoms with E-state index >= 15 is 0 Å². The van der Waals surface area contributed by atoms with Crippen LogP contribution in [0, 0.1) is 13.8 Å². The highest BCUT2D eigenvalue weighted by molar-refractivity contribution is 7.03. The van der Waals surface area contributed by atoms with Crippen LogP contribution in [0.3, 0.4) is 0 Å². The van der Waals surface area contributed by atoms with Gasteiger partial charge in [0.25, 0.3) is 5.91 Å².